The van der Waals surface area contributed by atoms with Crippen molar-refractivity contribution in [1.82, 2.24) is 15.2 Å². The smallest absolute Gasteiger partial charge is 0.244 e. The van der Waals surface area contributed by atoms with Gasteiger partial charge in [0.1, 0.15) is 0 Å². The Morgan fingerprint density at radius 3 is 2.43 bits per heavy atom. The number of benzene rings is 2. The summed E-state index contributed by atoms with van der Waals surface area (Å²) in [6.45, 7) is 0.620. The van der Waals surface area contributed by atoms with E-state index in [1.165, 1.54) is 6.20 Å². The predicted octanol–water partition coefficient (Wildman–Crippen LogP) is 4.53. The van der Waals surface area contributed by atoms with E-state index in [4.69, 9.17) is 23.2 Å². The molecule has 0 unspecified atom stereocenters. The Morgan fingerprint density at radius 1 is 0.957 bits per heavy atom. The summed E-state index contributed by atoms with van der Waals surface area (Å²) in [7, 11) is 0. The van der Waals surface area contributed by atoms with Crippen LogP contribution in [-0.2, 0) is 6.54 Å². The number of aromatic nitrogens is 3. The Bertz CT molecular complexity index is 775. The standard InChI is InChI=1S/C16H13Cl2N5/c17-12-6-13(18)8-14(7-12)21-15-10-20-23-16(22-15)19-9-11-4-2-1-3-5-11/h1-8,10H,9H2,(H2,19,21,22,23). The van der Waals surface area contributed by atoms with Gasteiger partial charge in [-0.05, 0) is 23.8 Å². The topological polar surface area (TPSA) is 62.7 Å². The first-order valence-corrected chi connectivity index (χ1v) is 7.65. The molecule has 0 amide bonds. The third kappa shape index (κ3) is 4.55. The Morgan fingerprint density at radius 2 is 1.70 bits per heavy atom. The minimum Gasteiger partial charge on any atom is -0.349 e. The van der Waals surface area contributed by atoms with Gasteiger partial charge in [-0.1, -0.05) is 53.5 Å². The van der Waals surface area contributed by atoms with Gasteiger partial charge in [0.25, 0.3) is 0 Å². The maximum atomic E-state index is 5.98. The third-order valence-electron chi connectivity index (χ3n) is 2.99. The number of nitrogens with one attached hydrogen (secondary N) is 2. The molecular weight excluding hydrogens is 333 g/mol. The Hall–Kier alpha value is -2.37. The highest BCUT2D eigenvalue weighted by atomic mass is 35.5. The van der Waals surface area contributed by atoms with Crippen molar-refractivity contribution < 1.29 is 0 Å². The Kier molecular flexibility index (Phi) is 4.90. The molecule has 0 spiro atoms. The molecule has 0 saturated carbocycles. The number of anilines is 3. The minimum atomic E-state index is 0.437. The van der Waals surface area contributed by atoms with Crippen LogP contribution in [0.2, 0.25) is 10.0 Å². The van der Waals surface area contributed by atoms with Gasteiger partial charge in [-0.2, -0.15) is 10.1 Å². The van der Waals surface area contributed by atoms with Gasteiger partial charge in [-0.15, -0.1) is 5.10 Å². The number of hydrogen-bond acceptors (Lipinski definition) is 5. The van der Waals surface area contributed by atoms with E-state index in [0.29, 0.717) is 28.4 Å². The molecule has 0 bridgehead atoms. The lowest BCUT2D eigenvalue weighted by Gasteiger charge is -2.08. The molecule has 5 nitrogen and oxygen atoms in total. The molecule has 0 saturated heterocycles. The van der Waals surface area contributed by atoms with Gasteiger partial charge in [0.2, 0.25) is 5.95 Å². The summed E-state index contributed by atoms with van der Waals surface area (Å²) < 4.78 is 0. The second-order valence-electron chi connectivity index (χ2n) is 4.79. The van der Waals surface area contributed by atoms with E-state index in [-0.39, 0.29) is 0 Å². The number of hydrogen-bond donors (Lipinski definition) is 2. The quantitative estimate of drug-likeness (QED) is 0.710. The van der Waals surface area contributed by atoms with E-state index in [2.05, 4.69) is 25.8 Å². The first kappa shape index (κ1) is 15.5. The third-order valence-corrected chi connectivity index (χ3v) is 3.42. The van der Waals surface area contributed by atoms with Crippen molar-refractivity contribution in [1.29, 1.82) is 0 Å². The molecule has 0 aliphatic carbocycles. The highest BCUT2D eigenvalue weighted by molar-refractivity contribution is 6.35. The van der Waals surface area contributed by atoms with Gasteiger partial charge in [0.05, 0.1) is 6.20 Å². The molecule has 1 heterocycles. The Balaban J connectivity index is 1.69. The molecule has 0 aliphatic rings. The van der Waals surface area contributed by atoms with Crippen molar-refractivity contribution in [2.75, 3.05) is 10.6 Å². The monoisotopic (exact) mass is 345 g/mol. The van der Waals surface area contributed by atoms with Crippen LogP contribution in [0.4, 0.5) is 17.5 Å². The van der Waals surface area contributed by atoms with Crippen LogP contribution in [-0.4, -0.2) is 15.2 Å². The maximum absolute atomic E-state index is 5.98. The molecular formula is C16H13Cl2N5. The maximum Gasteiger partial charge on any atom is 0.244 e. The zero-order valence-corrected chi connectivity index (χ0v) is 13.5. The SMILES string of the molecule is Clc1cc(Cl)cc(Nc2cnnc(NCc3ccccc3)n2)c1. The first-order chi connectivity index (χ1) is 11.2. The van der Waals surface area contributed by atoms with Crippen LogP contribution in [0, 0.1) is 0 Å². The van der Waals surface area contributed by atoms with Gasteiger partial charge in [0.15, 0.2) is 5.82 Å². The molecule has 7 heteroatoms. The van der Waals surface area contributed by atoms with Crippen LogP contribution in [0.3, 0.4) is 0 Å². The zero-order chi connectivity index (χ0) is 16.1. The van der Waals surface area contributed by atoms with Crippen LogP contribution in [0.1, 0.15) is 5.56 Å². The van der Waals surface area contributed by atoms with E-state index >= 15 is 0 Å². The summed E-state index contributed by atoms with van der Waals surface area (Å²) in [5, 5.41) is 15.2. The summed E-state index contributed by atoms with van der Waals surface area (Å²) in [4.78, 5) is 4.36. The van der Waals surface area contributed by atoms with Crippen LogP contribution < -0.4 is 10.6 Å². The summed E-state index contributed by atoms with van der Waals surface area (Å²) in [5.41, 5.74) is 1.87. The van der Waals surface area contributed by atoms with E-state index in [1.54, 1.807) is 18.2 Å². The van der Waals surface area contributed by atoms with E-state index in [9.17, 15) is 0 Å². The van der Waals surface area contributed by atoms with E-state index in [0.717, 1.165) is 11.3 Å². The molecule has 0 atom stereocenters. The van der Waals surface area contributed by atoms with Crippen molar-refractivity contribution in [2.45, 2.75) is 6.54 Å². The molecule has 2 N–H and O–H groups in total. The van der Waals surface area contributed by atoms with Crippen LogP contribution in [0.5, 0.6) is 0 Å². The average molecular weight is 346 g/mol. The highest BCUT2D eigenvalue weighted by Gasteiger charge is 2.03. The fourth-order valence-electron chi connectivity index (χ4n) is 1.99. The first-order valence-electron chi connectivity index (χ1n) is 6.90. The molecule has 2 aromatic carbocycles. The van der Waals surface area contributed by atoms with Gasteiger partial charge < -0.3 is 10.6 Å². The normalized spacial score (nSPS) is 10.3. The molecule has 3 rings (SSSR count). The number of nitrogens with zero attached hydrogens (tertiary/aromatic N) is 3. The van der Waals surface area contributed by atoms with E-state index < -0.39 is 0 Å². The molecule has 0 radical (unpaired) electrons. The van der Waals surface area contributed by atoms with Crippen LogP contribution in [0.25, 0.3) is 0 Å². The minimum absolute atomic E-state index is 0.437. The molecule has 3 aromatic rings. The van der Waals surface area contributed by atoms with Crippen molar-refractivity contribution in [3.8, 4) is 0 Å². The fraction of sp³-hybridized carbons (Fsp3) is 0.0625. The van der Waals surface area contributed by atoms with Gasteiger partial charge >= 0.3 is 0 Å². The van der Waals surface area contributed by atoms with E-state index in [1.807, 2.05) is 30.3 Å². The average Bonchev–Trinajstić information content (AvgIpc) is 2.53. The van der Waals surface area contributed by atoms with Crippen LogP contribution >= 0.6 is 23.2 Å². The lowest BCUT2D eigenvalue weighted by molar-refractivity contribution is 0.949. The van der Waals surface area contributed by atoms with Gasteiger partial charge in [-0.3, -0.25) is 0 Å². The fourth-order valence-corrected chi connectivity index (χ4v) is 2.52. The lowest BCUT2D eigenvalue weighted by Crippen LogP contribution is -2.06. The number of rotatable bonds is 5. The highest BCUT2D eigenvalue weighted by Crippen LogP contribution is 2.24. The second-order valence-corrected chi connectivity index (χ2v) is 5.66. The van der Waals surface area contributed by atoms with Crippen molar-refractivity contribution in [3.05, 3.63) is 70.3 Å². The predicted molar refractivity (Wildman–Crippen MR) is 93.3 cm³/mol. The van der Waals surface area contributed by atoms with Crippen molar-refractivity contribution >= 4 is 40.7 Å². The van der Waals surface area contributed by atoms with Gasteiger partial charge in [-0.25, -0.2) is 0 Å². The summed E-state index contributed by atoms with van der Waals surface area (Å²) in [6.07, 6.45) is 1.53. The summed E-state index contributed by atoms with van der Waals surface area (Å²) in [5.74, 6) is 0.987. The summed E-state index contributed by atoms with van der Waals surface area (Å²) in [6, 6.07) is 15.2. The molecule has 1 aromatic heterocycles. The lowest BCUT2D eigenvalue weighted by atomic mass is 10.2. The summed E-state index contributed by atoms with van der Waals surface area (Å²) >= 11 is 12.0. The zero-order valence-electron chi connectivity index (χ0n) is 12.0. The van der Waals surface area contributed by atoms with Gasteiger partial charge in [0, 0.05) is 22.3 Å². The molecule has 0 aliphatic heterocycles. The second kappa shape index (κ2) is 7.26. The number of halogens is 2. The molecule has 0 fully saturated rings. The molecule has 23 heavy (non-hydrogen) atoms. The largest absolute Gasteiger partial charge is 0.349 e. The van der Waals surface area contributed by atoms with Crippen LogP contribution in [0.15, 0.2) is 54.7 Å². The van der Waals surface area contributed by atoms with Crippen molar-refractivity contribution in [2.24, 2.45) is 0 Å². The van der Waals surface area contributed by atoms with Crippen molar-refractivity contribution in [3.63, 3.8) is 0 Å². The molecule has 116 valence electrons. The Labute approximate surface area is 143 Å².